The van der Waals surface area contributed by atoms with E-state index in [-0.39, 0.29) is 0 Å². The molecule has 1 aromatic rings. The minimum Gasteiger partial charge on any atom is -0.492 e. The van der Waals surface area contributed by atoms with Gasteiger partial charge in [-0.15, -0.1) is 0 Å². The first kappa shape index (κ1) is 14.4. The van der Waals surface area contributed by atoms with Gasteiger partial charge in [0, 0.05) is 12.6 Å². The number of hydrogen-bond acceptors (Lipinski definition) is 3. The van der Waals surface area contributed by atoms with Gasteiger partial charge >= 0.3 is 0 Å². The van der Waals surface area contributed by atoms with Gasteiger partial charge in [0.25, 0.3) is 0 Å². The average Bonchev–Trinajstić information content (AvgIpc) is 2.40. The topological polar surface area (TPSA) is 38.5 Å². The van der Waals surface area contributed by atoms with E-state index in [1.54, 1.807) is 0 Å². The fourth-order valence-corrected chi connectivity index (χ4v) is 2.60. The molecule has 0 saturated carbocycles. The molecule has 1 fully saturated rings. The Morgan fingerprint density at radius 3 is 2.47 bits per heavy atom. The van der Waals surface area contributed by atoms with Crippen LogP contribution in [-0.2, 0) is 0 Å². The fourth-order valence-electron chi connectivity index (χ4n) is 2.60. The van der Waals surface area contributed by atoms with Crippen molar-refractivity contribution >= 4 is 0 Å². The molecule has 0 aromatic heterocycles. The maximum atomic E-state index is 6.01. The lowest BCUT2D eigenvalue weighted by Gasteiger charge is -2.30. The molecule has 3 heteroatoms. The SMILES string of the molecule is Cc1ccc(C)c(OCCN2CCC(N)CC2)c1C. The normalized spacial score (nSPS) is 17.7. The van der Waals surface area contributed by atoms with Gasteiger partial charge in [-0.25, -0.2) is 0 Å². The second-order valence-corrected chi connectivity index (χ2v) is 5.68. The number of nitrogens with zero attached hydrogens (tertiary/aromatic N) is 1. The van der Waals surface area contributed by atoms with E-state index < -0.39 is 0 Å². The molecular weight excluding hydrogens is 236 g/mol. The highest BCUT2D eigenvalue weighted by Gasteiger charge is 2.15. The van der Waals surface area contributed by atoms with Crippen molar-refractivity contribution in [3.8, 4) is 5.75 Å². The molecule has 2 N–H and O–H groups in total. The van der Waals surface area contributed by atoms with E-state index >= 15 is 0 Å². The molecule has 1 saturated heterocycles. The Morgan fingerprint density at radius 1 is 1.16 bits per heavy atom. The smallest absolute Gasteiger partial charge is 0.125 e. The van der Waals surface area contributed by atoms with Gasteiger partial charge in [-0.3, -0.25) is 4.90 Å². The number of benzene rings is 1. The molecule has 1 heterocycles. The summed E-state index contributed by atoms with van der Waals surface area (Å²) in [4.78, 5) is 2.45. The molecule has 0 bridgehead atoms. The van der Waals surface area contributed by atoms with Crippen LogP contribution in [0.2, 0.25) is 0 Å². The van der Waals surface area contributed by atoms with E-state index in [2.05, 4.69) is 37.8 Å². The first-order chi connectivity index (χ1) is 9.08. The largest absolute Gasteiger partial charge is 0.492 e. The highest BCUT2D eigenvalue weighted by molar-refractivity contribution is 5.44. The quantitative estimate of drug-likeness (QED) is 0.905. The monoisotopic (exact) mass is 262 g/mol. The van der Waals surface area contributed by atoms with Crippen LogP contribution in [0.15, 0.2) is 12.1 Å². The third-order valence-electron chi connectivity index (χ3n) is 4.16. The number of nitrogens with two attached hydrogens (primary N) is 1. The van der Waals surface area contributed by atoms with E-state index in [0.29, 0.717) is 6.04 Å². The first-order valence-corrected chi connectivity index (χ1v) is 7.25. The highest BCUT2D eigenvalue weighted by Crippen LogP contribution is 2.25. The van der Waals surface area contributed by atoms with Crippen molar-refractivity contribution in [2.45, 2.75) is 39.7 Å². The standard InChI is InChI=1S/C16H26N2O/c1-12-4-5-13(2)16(14(12)3)19-11-10-18-8-6-15(17)7-9-18/h4-5,15H,6-11,17H2,1-3H3. The Kier molecular flexibility index (Phi) is 4.83. The number of likely N-dealkylation sites (tertiary alicyclic amines) is 1. The highest BCUT2D eigenvalue weighted by atomic mass is 16.5. The molecule has 1 aromatic carbocycles. The van der Waals surface area contributed by atoms with Crippen LogP contribution in [0.3, 0.4) is 0 Å². The Labute approximate surface area is 116 Å². The Morgan fingerprint density at radius 2 is 1.79 bits per heavy atom. The van der Waals surface area contributed by atoms with Gasteiger partial charge in [0.2, 0.25) is 0 Å². The summed E-state index contributed by atoms with van der Waals surface area (Å²) in [5.41, 5.74) is 9.70. The van der Waals surface area contributed by atoms with Gasteiger partial charge in [-0.1, -0.05) is 12.1 Å². The number of rotatable bonds is 4. The Bertz CT molecular complexity index is 423. The summed E-state index contributed by atoms with van der Waals surface area (Å²) in [7, 11) is 0. The molecule has 0 spiro atoms. The first-order valence-electron chi connectivity index (χ1n) is 7.25. The maximum absolute atomic E-state index is 6.01. The lowest BCUT2D eigenvalue weighted by molar-refractivity contribution is 0.173. The van der Waals surface area contributed by atoms with Crippen molar-refractivity contribution < 1.29 is 4.74 Å². The second kappa shape index (κ2) is 6.40. The van der Waals surface area contributed by atoms with Crippen molar-refractivity contribution in [3.05, 3.63) is 28.8 Å². The lowest BCUT2D eigenvalue weighted by atomic mass is 10.1. The van der Waals surface area contributed by atoms with Crippen LogP contribution in [0.25, 0.3) is 0 Å². The van der Waals surface area contributed by atoms with Crippen LogP contribution >= 0.6 is 0 Å². The molecular formula is C16H26N2O. The van der Waals surface area contributed by atoms with Crippen LogP contribution in [0.1, 0.15) is 29.5 Å². The minimum atomic E-state index is 0.401. The average molecular weight is 262 g/mol. The predicted octanol–water partition coefficient (Wildman–Crippen LogP) is 2.41. The number of ether oxygens (including phenoxy) is 1. The van der Waals surface area contributed by atoms with Gasteiger partial charge < -0.3 is 10.5 Å². The summed E-state index contributed by atoms with van der Waals surface area (Å²) in [6, 6.07) is 4.69. The lowest BCUT2D eigenvalue weighted by Crippen LogP contribution is -2.41. The molecule has 106 valence electrons. The van der Waals surface area contributed by atoms with E-state index in [9.17, 15) is 0 Å². The van der Waals surface area contributed by atoms with E-state index in [4.69, 9.17) is 10.5 Å². The number of hydrogen-bond donors (Lipinski definition) is 1. The van der Waals surface area contributed by atoms with E-state index in [1.807, 2.05) is 0 Å². The van der Waals surface area contributed by atoms with Crippen molar-refractivity contribution in [1.29, 1.82) is 0 Å². The zero-order valence-electron chi connectivity index (χ0n) is 12.4. The van der Waals surface area contributed by atoms with E-state index in [0.717, 1.165) is 44.8 Å². The van der Waals surface area contributed by atoms with E-state index in [1.165, 1.54) is 16.7 Å². The molecule has 0 unspecified atom stereocenters. The molecule has 1 aliphatic rings. The van der Waals surface area contributed by atoms with Crippen LogP contribution in [0, 0.1) is 20.8 Å². The molecule has 0 radical (unpaired) electrons. The number of piperidine rings is 1. The van der Waals surface area contributed by atoms with Crippen LogP contribution < -0.4 is 10.5 Å². The minimum absolute atomic E-state index is 0.401. The van der Waals surface area contributed by atoms with Crippen LogP contribution in [0.4, 0.5) is 0 Å². The van der Waals surface area contributed by atoms with Gasteiger partial charge in [-0.05, 0) is 63.4 Å². The Balaban J connectivity index is 1.84. The van der Waals surface area contributed by atoms with Gasteiger partial charge in [0.05, 0.1) is 0 Å². The summed E-state index contributed by atoms with van der Waals surface area (Å²) < 4.78 is 6.01. The van der Waals surface area contributed by atoms with Crippen molar-refractivity contribution in [1.82, 2.24) is 4.90 Å². The molecule has 1 aliphatic heterocycles. The third-order valence-corrected chi connectivity index (χ3v) is 4.16. The van der Waals surface area contributed by atoms with Crippen LogP contribution in [0.5, 0.6) is 5.75 Å². The molecule has 19 heavy (non-hydrogen) atoms. The molecule has 0 aliphatic carbocycles. The van der Waals surface area contributed by atoms with Gasteiger partial charge in [-0.2, -0.15) is 0 Å². The van der Waals surface area contributed by atoms with Crippen molar-refractivity contribution in [3.63, 3.8) is 0 Å². The fraction of sp³-hybridized carbons (Fsp3) is 0.625. The molecule has 3 nitrogen and oxygen atoms in total. The summed E-state index contributed by atoms with van der Waals surface area (Å²) in [5, 5.41) is 0. The summed E-state index contributed by atoms with van der Waals surface area (Å²) in [5.74, 6) is 1.06. The summed E-state index contributed by atoms with van der Waals surface area (Å²) in [6.45, 7) is 10.4. The molecule has 2 rings (SSSR count). The van der Waals surface area contributed by atoms with Gasteiger partial charge in [0.1, 0.15) is 12.4 Å². The van der Waals surface area contributed by atoms with Crippen molar-refractivity contribution in [2.24, 2.45) is 5.73 Å². The Hall–Kier alpha value is -1.06. The maximum Gasteiger partial charge on any atom is 0.125 e. The third kappa shape index (κ3) is 3.71. The number of aryl methyl sites for hydroxylation is 2. The summed E-state index contributed by atoms with van der Waals surface area (Å²) >= 11 is 0. The summed E-state index contributed by atoms with van der Waals surface area (Å²) in [6.07, 6.45) is 2.23. The van der Waals surface area contributed by atoms with Crippen LogP contribution in [-0.4, -0.2) is 37.2 Å². The zero-order chi connectivity index (χ0) is 13.8. The zero-order valence-corrected chi connectivity index (χ0v) is 12.4. The second-order valence-electron chi connectivity index (χ2n) is 5.68. The predicted molar refractivity (Wildman–Crippen MR) is 79.8 cm³/mol. The van der Waals surface area contributed by atoms with Gasteiger partial charge in [0.15, 0.2) is 0 Å². The molecule has 0 amide bonds. The van der Waals surface area contributed by atoms with Crippen molar-refractivity contribution in [2.75, 3.05) is 26.2 Å². The molecule has 0 atom stereocenters.